The molecule has 3 aliphatic rings. The Morgan fingerprint density at radius 1 is 1.31 bits per heavy atom. The van der Waals surface area contributed by atoms with Gasteiger partial charge in [0.05, 0.1) is 25.2 Å². The summed E-state index contributed by atoms with van der Waals surface area (Å²) in [6.45, 7) is 3.76. The molecule has 1 amide bonds. The maximum absolute atomic E-state index is 12.9. The number of nitrogens with one attached hydrogen (secondary N) is 1. The van der Waals surface area contributed by atoms with E-state index in [4.69, 9.17) is 22.1 Å². The number of carbonyl (C=O) groups excluding carboxylic acids is 1. The number of morpholine rings is 1. The number of hydrogen-bond donors (Lipinski definition) is 2. The van der Waals surface area contributed by atoms with Gasteiger partial charge >= 0.3 is 0 Å². The number of nitrogens with zero attached hydrogens (tertiary/aromatic N) is 1. The highest BCUT2D eigenvalue weighted by atomic mass is 35.5. The number of rotatable bonds is 5. The summed E-state index contributed by atoms with van der Waals surface area (Å²) in [6.07, 6.45) is 3.46. The summed E-state index contributed by atoms with van der Waals surface area (Å²) in [7, 11) is 0. The van der Waals surface area contributed by atoms with E-state index in [2.05, 4.69) is 16.3 Å². The summed E-state index contributed by atoms with van der Waals surface area (Å²) in [6, 6.07) is 8.07. The van der Waals surface area contributed by atoms with Crippen LogP contribution in [0.1, 0.15) is 30.9 Å². The Balaban J connectivity index is 1.45. The van der Waals surface area contributed by atoms with E-state index in [1.165, 1.54) is 6.42 Å². The predicted octanol–water partition coefficient (Wildman–Crippen LogP) is 2.20. The molecule has 1 aromatic rings. The Hall–Kier alpha value is -1.14. The molecule has 2 aliphatic carbocycles. The Bertz CT molecular complexity index is 648. The fourth-order valence-corrected chi connectivity index (χ4v) is 5.30. The quantitative estimate of drug-likeness (QED) is 0.825. The van der Waals surface area contributed by atoms with Gasteiger partial charge in [0.2, 0.25) is 5.91 Å². The van der Waals surface area contributed by atoms with E-state index in [0.29, 0.717) is 18.4 Å². The van der Waals surface area contributed by atoms with E-state index in [-0.39, 0.29) is 23.9 Å². The van der Waals surface area contributed by atoms with Crippen LogP contribution in [0.3, 0.4) is 0 Å². The molecule has 0 spiro atoms. The molecule has 2 bridgehead atoms. The molecule has 3 fully saturated rings. The number of halogens is 1. The molecule has 5 unspecified atom stereocenters. The summed E-state index contributed by atoms with van der Waals surface area (Å²) < 4.78 is 5.49. The third-order valence-electron chi connectivity index (χ3n) is 6.47. The molecule has 3 N–H and O–H groups in total. The minimum absolute atomic E-state index is 0.0153. The third kappa shape index (κ3) is 3.63. The monoisotopic (exact) mass is 377 g/mol. The van der Waals surface area contributed by atoms with Gasteiger partial charge in [0.15, 0.2) is 0 Å². The minimum Gasteiger partial charge on any atom is -0.379 e. The van der Waals surface area contributed by atoms with Crippen molar-refractivity contribution in [1.29, 1.82) is 0 Å². The number of nitrogens with two attached hydrogens (primary N) is 1. The maximum atomic E-state index is 12.9. The average molecular weight is 378 g/mol. The van der Waals surface area contributed by atoms with Crippen molar-refractivity contribution in [3.63, 3.8) is 0 Å². The Labute approximate surface area is 160 Å². The fraction of sp³-hybridized carbons (Fsp3) is 0.650. The Kier molecular flexibility index (Phi) is 5.50. The van der Waals surface area contributed by atoms with Crippen LogP contribution >= 0.6 is 11.6 Å². The van der Waals surface area contributed by atoms with Gasteiger partial charge in [-0.15, -0.1) is 0 Å². The van der Waals surface area contributed by atoms with Crippen molar-refractivity contribution < 1.29 is 9.53 Å². The van der Waals surface area contributed by atoms with Crippen LogP contribution < -0.4 is 11.1 Å². The molecule has 1 aliphatic heterocycles. The summed E-state index contributed by atoms with van der Waals surface area (Å²) in [5, 5.41) is 3.93. The number of fused-ring (bicyclic) bond motifs is 2. The smallest absolute Gasteiger partial charge is 0.225 e. The zero-order valence-corrected chi connectivity index (χ0v) is 15.8. The van der Waals surface area contributed by atoms with Gasteiger partial charge in [-0.05, 0) is 48.8 Å². The number of amides is 1. The first-order valence-corrected chi connectivity index (χ1v) is 10.1. The van der Waals surface area contributed by atoms with Crippen LogP contribution in [-0.2, 0) is 9.53 Å². The summed E-state index contributed by atoms with van der Waals surface area (Å²) in [5.41, 5.74) is 7.48. The number of benzene rings is 1. The van der Waals surface area contributed by atoms with E-state index >= 15 is 0 Å². The van der Waals surface area contributed by atoms with Gasteiger partial charge in [0.1, 0.15) is 0 Å². The lowest BCUT2D eigenvalue weighted by atomic mass is 9.84. The van der Waals surface area contributed by atoms with Crippen molar-refractivity contribution in [2.24, 2.45) is 23.5 Å². The van der Waals surface area contributed by atoms with Gasteiger partial charge in [0.25, 0.3) is 0 Å². The molecule has 0 aromatic heterocycles. The molecule has 142 valence electrons. The highest BCUT2D eigenvalue weighted by Gasteiger charge is 2.49. The predicted molar refractivity (Wildman–Crippen MR) is 102 cm³/mol. The average Bonchev–Trinajstić information content (AvgIpc) is 3.24. The molecule has 5 atom stereocenters. The van der Waals surface area contributed by atoms with Crippen LogP contribution in [0.2, 0.25) is 5.02 Å². The first-order valence-electron chi connectivity index (χ1n) is 9.74. The SMILES string of the molecule is NC1C2CCC(C2)C1C(=O)NCC(c1cccc(Cl)c1)N1CCOCC1. The second-order valence-corrected chi connectivity index (χ2v) is 8.34. The van der Waals surface area contributed by atoms with Crippen molar-refractivity contribution in [1.82, 2.24) is 10.2 Å². The number of carbonyl (C=O) groups is 1. The van der Waals surface area contributed by atoms with Crippen molar-refractivity contribution in [3.05, 3.63) is 34.9 Å². The van der Waals surface area contributed by atoms with Crippen molar-refractivity contribution in [2.75, 3.05) is 32.8 Å². The summed E-state index contributed by atoms with van der Waals surface area (Å²) in [5.74, 6) is 1.13. The van der Waals surface area contributed by atoms with Gasteiger partial charge < -0.3 is 15.8 Å². The van der Waals surface area contributed by atoms with E-state index in [1.54, 1.807) is 0 Å². The second kappa shape index (κ2) is 7.85. The first kappa shape index (κ1) is 18.2. The molecule has 1 aromatic carbocycles. The highest BCUT2D eigenvalue weighted by molar-refractivity contribution is 6.30. The fourth-order valence-electron chi connectivity index (χ4n) is 5.10. The van der Waals surface area contributed by atoms with Crippen LogP contribution in [0.4, 0.5) is 0 Å². The maximum Gasteiger partial charge on any atom is 0.225 e. The lowest BCUT2D eigenvalue weighted by Crippen LogP contribution is -2.48. The van der Waals surface area contributed by atoms with E-state index in [1.807, 2.05) is 18.2 Å². The first-order chi connectivity index (χ1) is 12.6. The van der Waals surface area contributed by atoms with E-state index < -0.39 is 0 Å². The van der Waals surface area contributed by atoms with Crippen LogP contribution in [-0.4, -0.2) is 49.7 Å². The zero-order valence-electron chi connectivity index (χ0n) is 15.1. The molecule has 26 heavy (non-hydrogen) atoms. The largest absolute Gasteiger partial charge is 0.379 e. The van der Waals surface area contributed by atoms with Crippen LogP contribution in [0.25, 0.3) is 0 Å². The molecule has 0 radical (unpaired) electrons. The molecule has 1 saturated heterocycles. The lowest BCUT2D eigenvalue weighted by molar-refractivity contribution is -0.127. The zero-order chi connectivity index (χ0) is 18.1. The van der Waals surface area contributed by atoms with Crippen LogP contribution in [0.15, 0.2) is 24.3 Å². The van der Waals surface area contributed by atoms with Crippen molar-refractivity contribution in [2.45, 2.75) is 31.3 Å². The number of ether oxygens (including phenoxy) is 1. The van der Waals surface area contributed by atoms with Crippen molar-refractivity contribution in [3.8, 4) is 0 Å². The highest BCUT2D eigenvalue weighted by Crippen LogP contribution is 2.47. The Morgan fingerprint density at radius 3 is 2.77 bits per heavy atom. The molecular weight excluding hydrogens is 350 g/mol. The lowest BCUT2D eigenvalue weighted by Gasteiger charge is -2.35. The van der Waals surface area contributed by atoms with E-state index in [0.717, 1.165) is 49.7 Å². The van der Waals surface area contributed by atoms with Gasteiger partial charge in [-0.1, -0.05) is 23.7 Å². The van der Waals surface area contributed by atoms with Gasteiger partial charge in [-0.3, -0.25) is 9.69 Å². The van der Waals surface area contributed by atoms with Crippen molar-refractivity contribution >= 4 is 17.5 Å². The van der Waals surface area contributed by atoms with Gasteiger partial charge in [-0.25, -0.2) is 0 Å². The molecule has 5 nitrogen and oxygen atoms in total. The Morgan fingerprint density at radius 2 is 2.08 bits per heavy atom. The topological polar surface area (TPSA) is 67.6 Å². The molecule has 1 heterocycles. The molecule has 2 saturated carbocycles. The van der Waals surface area contributed by atoms with Crippen LogP contribution in [0, 0.1) is 17.8 Å². The molecular formula is C20H28ClN3O2. The summed E-state index contributed by atoms with van der Waals surface area (Å²) >= 11 is 6.21. The second-order valence-electron chi connectivity index (χ2n) is 7.90. The molecule has 4 rings (SSSR count). The van der Waals surface area contributed by atoms with E-state index in [9.17, 15) is 4.79 Å². The summed E-state index contributed by atoms with van der Waals surface area (Å²) in [4.78, 5) is 15.2. The number of hydrogen-bond acceptors (Lipinski definition) is 4. The standard InChI is InChI=1S/C20H28ClN3O2/c21-16-3-1-2-13(11-16)17(24-6-8-26-9-7-24)12-23-20(25)18-14-4-5-15(10-14)19(18)22/h1-3,11,14-15,17-19H,4-10,12,22H2,(H,23,25). The van der Waals surface area contributed by atoms with Crippen LogP contribution in [0.5, 0.6) is 0 Å². The third-order valence-corrected chi connectivity index (χ3v) is 6.71. The molecule has 6 heteroatoms. The normalized spacial score (nSPS) is 32.5. The van der Waals surface area contributed by atoms with Gasteiger partial charge in [-0.2, -0.15) is 0 Å². The minimum atomic E-state index is -0.0153. The van der Waals surface area contributed by atoms with Gasteiger partial charge in [0, 0.05) is 30.7 Å².